The molecule has 15 heavy (non-hydrogen) atoms. The molecule has 76 valence electrons. The van der Waals surface area contributed by atoms with Crippen molar-refractivity contribution in [1.82, 2.24) is 0 Å². The third-order valence-corrected chi connectivity index (χ3v) is 2.23. The topological polar surface area (TPSA) is 35.5 Å². The van der Waals surface area contributed by atoms with Crippen LogP contribution in [-0.4, -0.2) is 19.7 Å². The maximum Gasteiger partial charge on any atom is 0.384 e. The summed E-state index contributed by atoms with van der Waals surface area (Å²) in [5, 5.41) is 0. The molecule has 1 heterocycles. The summed E-state index contributed by atoms with van der Waals surface area (Å²) in [6, 6.07) is 7.70. The minimum absolute atomic E-state index is 0.0275. The summed E-state index contributed by atoms with van der Waals surface area (Å²) in [6.07, 6.45) is 0. The molecule has 3 heteroatoms. The van der Waals surface area contributed by atoms with E-state index in [2.05, 4.69) is 16.6 Å². The maximum absolute atomic E-state index is 10.8. The molecular weight excluding hydrogens is 192 g/mol. The average molecular weight is 202 g/mol. The molecule has 0 aromatic heterocycles. The van der Waals surface area contributed by atoms with E-state index in [0.29, 0.717) is 6.61 Å². The standard InChI is InChI=1S/C12H10O3/c1-14-12(13)7-6-9-8-15-11-5-3-2-4-10(9)11/h2-5,9H,8H2,1H3. The summed E-state index contributed by atoms with van der Waals surface area (Å²) in [5.74, 6) is 5.57. The van der Waals surface area contributed by atoms with Crippen LogP contribution in [0.25, 0.3) is 0 Å². The summed E-state index contributed by atoms with van der Waals surface area (Å²) in [5.41, 5.74) is 1.04. The van der Waals surface area contributed by atoms with Crippen molar-refractivity contribution in [3.63, 3.8) is 0 Å². The van der Waals surface area contributed by atoms with Crippen LogP contribution in [0.3, 0.4) is 0 Å². The molecule has 0 radical (unpaired) electrons. The highest BCUT2D eigenvalue weighted by Crippen LogP contribution is 2.32. The van der Waals surface area contributed by atoms with E-state index >= 15 is 0 Å². The van der Waals surface area contributed by atoms with Crippen LogP contribution in [0.1, 0.15) is 11.5 Å². The molecule has 1 unspecified atom stereocenters. The Morgan fingerprint density at radius 2 is 2.33 bits per heavy atom. The lowest BCUT2D eigenvalue weighted by molar-refractivity contribution is -0.133. The van der Waals surface area contributed by atoms with Gasteiger partial charge in [0, 0.05) is 11.5 Å². The second-order valence-corrected chi connectivity index (χ2v) is 3.16. The van der Waals surface area contributed by atoms with Crippen LogP contribution in [0, 0.1) is 11.8 Å². The highest BCUT2D eigenvalue weighted by Gasteiger charge is 2.21. The normalized spacial score (nSPS) is 17.0. The van der Waals surface area contributed by atoms with Gasteiger partial charge in [0.15, 0.2) is 0 Å². The number of carbonyl (C=O) groups excluding carboxylic acids is 1. The van der Waals surface area contributed by atoms with Crippen LogP contribution < -0.4 is 4.74 Å². The van der Waals surface area contributed by atoms with Crippen LogP contribution in [0.2, 0.25) is 0 Å². The minimum atomic E-state index is -0.514. The molecule has 3 nitrogen and oxygen atoms in total. The summed E-state index contributed by atoms with van der Waals surface area (Å²) in [6.45, 7) is 0.503. The van der Waals surface area contributed by atoms with E-state index in [9.17, 15) is 4.79 Å². The lowest BCUT2D eigenvalue weighted by atomic mass is 10.0. The van der Waals surface area contributed by atoms with E-state index in [1.165, 1.54) is 7.11 Å². The van der Waals surface area contributed by atoms with Crippen molar-refractivity contribution in [2.45, 2.75) is 5.92 Å². The van der Waals surface area contributed by atoms with Crippen molar-refractivity contribution in [2.75, 3.05) is 13.7 Å². The number of para-hydroxylation sites is 1. The van der Waals surface area contributed by atoms with Gasteiger partial charge in [-0.3, -0.25) is 0 Å². The van der Waals surface area contributed by atoms with Gasteiger partial charge in [-0.25, -0.2) is 4.79 Å². The zero-order valence-electron chi connectivity index (χ0n) is 8.32. The van der Waals surface area contributed by atoms with Gasteiger partial charge in [0.25, 0.3) is 0 Å². The monoisotopic (exact) mass is 202 g/mol. The van der Waals surface area contributed by atoms with Gasteiger partial charge in [0.1, 0.15) is 12.4 Å². The molecule has 0 saturated heterocycles. The number of carbonyl (C=O) groups is 1. The Hall–Kier alpha value is -1.95. The number of benzene rings is 1. The van der Waals surface area contributed by atoms with Crippen molar-refractivity contribution < 1.29 is 14.3 Å². The maximum atomic E-state index is 10.8. The molecule has 0 bridgehead atoms. The van der Waals surface area contributed by atoms with Crippen molar-refractivity contribution >= 4 is 5.97 Å². The Labute approximate surface area is 88.0 Å². The smallest absolute Gasteiger partial charge is 0.384 e. The molecule has 0 fully saturated rings. The van der Waals surface area contributed by atoms with Crippen molar-refractivity contribution in [2.24, 2.45) is 0 Å². The number of esters is 1. The molecule has 2 rings (SSSR count). The molecule has 1 aliphatic rings. The largest absolute Gasteiger partial charge is 0.492 e. The Morgan fingerprint density at radius 3 is 3.13 bits per heavy atom. The molecule has 0 spiro atoms. The first kappa shape index (κ1) is 9.60. The third kappa shape index (κ3) is 1.94. The van der Waals surface area contributed by atoms with Crippen LogP contribution >= 0.6 is 0 Å². The first-order valence-corrected chi connectivity index (χ1v) is 4.62. The molecule has 1 atom stereocenters. The molecule has 0 N–H and O–H groups in total. The Bertz CT molecular complexity index is 440. The van der Waals surface area contributed by atoms with E-state index in [1.54, 1.807) is 0 Å². The van der Waals surface area contributed by atoms with Crippen LogP contribution in [-0.2, 0) is 9.53 Å². The lowest BCUT2D eigenvalue weighted by Gasteiger charge is -1.97. The van der Waals surface area contributed by atoms with Gasteiger partial charge in [-0.1, -0.05) is 24.1 Å². The van der Waals surface area contributed by atoms with Gasteiger partial charge in [-0.05, 0) is 6.07 Å². The molecule has 1 aromatic rings. The summed E-state index contributed by atoms with van der Waals surface area (Å²) >= 11 is 0. The van der Waals surface area contributed by atoms with Crippen molar-refractivity contribution in [3.05, 3.63) is 29.8 Å². The summed E-state index contributed by atoms with van der Waals surface area (Å²) < 4.78 is 9.87. The van der Waals surface area contributed by atoms with Crippen LogP contribution in [0.15, 0.2) is 24.3 Å². The predicted octanol–water partition coefficient (Wildman–Crippen LogP) is 1.34. The fourth-order valence-corrected chi connectivity index (χ4v) is 1.48. The quantitative estimate of drug-likeness (QED) is 0.362. The van der Waals surface area contributed by atoms with Crippen molar-refractivity contribution in [1.29, 1.82) is 0 Å². The Morgan fingerprint density at radius 1 is 1.53 bits per heavy atom. The lowest BCUT2D eigenvalue weighted by Crippen LogP contribution is -2.00. The van der Waals surface area contributed by atoms with E-state index in [0.717, 1.165) is 11.3 Å². The van der Waals surface area contributed by atoms with E-state index in [1.807, 2.05) is 24.3 Å². The Kier molecular flexibility index (Phi) is 2.59. The number of hydrogen-bond donors (Lipinski definition) is 0. The van der Waals surface area contributed by atoms with Gasteiger partial charge < -0.3 is 9.47 Å². The fourth-order valence-electron chi connectivity index (χ4n) is 1.48. The summed E-state index contributed by atoms with van der Waals surface area (Å²) in [4.78, 5) is 10.8. The summed E-state index contributed by atoms with van der Waals surface area (Å²) in [7, 11) is 1.32. The van der Waals surface area contributed by atoms with Gasteiger partial charge in [0.05, 0.1) is 13.0 Å². The van der Waals surface area contributed by atoms with E-state index < -0.39 is 5.97 Å². The van der Waals surface area contributed by atoms with Gasteiger partial charge in [-0.2, -0.15) is 0 Å². The first-order valence-electron chi connectivity index (χ1n) is 4.62. The second-order valence-electron chi connectivity index (χ2n) is 3.16. The van der Waals surface area contributed by atoms with E-state index in [4.69, 9.17) is 4.74 Å². The van der Waals surface area contributed by atoms with Gasteiger partial charge in [0.2, 0.25) is 0 Å². The number of ether oxygens (including phenoxy) is 2. The second kappa shape index (κ2) is 4.05. The number of methoxy groups -OCH3 is 1. The highest BCUT2D eigenvalue weighted by atomic mass is 16.5. The van der Waals surface area contributed by atoms with Crippen molar-refractivity contribution in [3.8, 4) is 17.6 Å². The van der Waals surface area contributed by atoms with Crippen LogP contribution in [0.5, 0.6) is 5.75 Å². The average Bonchev–Trinajstić information content (AvgIpc) is 2.69. The number of rotatable bonds is 0. The zero-order chi connectivity index (χ0) is 10.7. The predicted molar refractivity (Wildman–Crippen MR) is 54.5 cm³/mol. The molecule has 1 aromatic carbocycles. The minimum Gasteiger partial charge on any atom is -0.492 e. The molecule has 1 aliphatic heterocycles. The molecule has 0 saturated carbocycles. The number of fused-ring (bicyclic) bond motifs is 1. The van der Waals surface area contributed by atoms with Crippen LogP contribution in [0.4, 0.5) is 0 Å². The zero-order valence-corrected chi connectivity index (χ0v) is 8.32. The molecule has 0 aliphatic carbocycles. The molecule has 0 amide bonds. The van der Waals surface area contributed by atoms with E-state index in [-0.39, 0.29) is 5.92 Å². The fraction of sp³-hybridized carbons (Fsp3) is 0.250. The Balaban J connectivity index is 2.20. The van der Waals surface area contributed by atoms with Gasteiger partial charge in [-0.15, -0.1) is 0 Å². The molecular formula is C12H10O3. The highest BCUT2D eigenvalue weighted by molar-refractivity contribution is 5.88. The first-order chi connectivity index (χ1) is 7.31. The SMILES string of the molecule is COC(=O)C#CC1COc2ccccc21. The number of hydrogen-bond acceptors (Lipinski definition) is 3. The third-order valence-electron chi connectivity index (χ3n) is 2.23. The van der Waals surface area contributed by atoms with Gasteiger partial charge >= 0.3 is 5.97 Å².